The first kappa shape index (κ1) is 14.8. The Balaban J connectivity index is 0.00000133. The number of rotatable bonds is 3. The van der Waals surface area contributed by atoms with Gasteiger partial charge in [-0.15, -0.1) is 12.4 Å². The zero-order valence-corrected chi connectivity index (χ0v) is 12.7. The van der Waals surface area contributed by atoms with Crippen LogP contribution in [0.1, 0.15) is 43.7 Å². The third kappa shape index (κ3) is 3.95. The van der Waals surface area contributed by atoms with Gasteiger partial charge in [-0.1, -0.05) is 24.3 Å². The summed E-state index contributed by atoms with van der Waals surface area (Å²) in [6, 6.07) is 10.5. The predicted molar refractivity (Wildman–Crippen MR) is 83.0 cm³/mol. The monoisotopic (exact) mass is 280 g/mol. The first-order valence-electron chi connectivity index (χ1n) is 7.28. The highest BCUT2D eigenvalue weighted by molar-refractivity contribution is 5.85. The van der Waals surface area contributed by atoms with Crippen molar-refractivity contribution in [2.45, 2.75) is 51.2 Å². The number of hydrogen-bond acceptors (Lipinski definition) is 2. The smallest absolute Gasteiger partial charge is 0.0235 e. The van der Waals surface area contributed by atoms with Gasteiger partial charge in [0.25, 0.3) is 0 Å². The van der Waals surface area contributed by atoms with Crippen LogP contribution in [-0.2, 0) is 6.54 Å². The summed E-state index contributed by atoms with van der Waals surface area (Å²) in [4.78, 5) is 2.58. The molecule has 2 unspecified atom stereocenters. The first-order chi connectivity index (χ1) is 8.70. The Morgan fingerprint density at radius 2 is 1.84 bits per heavy atom. The molecule has 2 nitrogen and oxygen atoms in total. The Morgan fingerprint density at radius 3 is 2.47 bits per heavy atom. The van der Waals surface area contributed by atoms with Crippen molar-refractivity contribution < 1.29 is 0 Å². The minimum absolute atomic E-state index is 0. The Kier molecular flexibility index (Phi) is 4.88. The number of nitrogens with one attached hydrogen (secondary N) is 1. The van der Waals surface area contributed by atoms with Gasteiger partial charge in [-0.25, -0.2) is 0 Å². The van der Waals surface area contributed by atoms with Gasteiger partial charge in [-0.05, 0) is 43.7 Å². The van der Waals surface area contributed by atoms with Crippen LogP contribution in [0.5, 0.6) is 0 Å². The van der Waals surface area contributed by atoms with E-state index in [-0.39, 0.29) is 12.4 Å². The van der Waals surface area contributed by atoms with Gasteiger partial charge in [0, 0.05) is 31.7 Å². The van der Waals surface area contributed by atoms with Crippen LogP contribution in [0, 0.1) is 0 Å². The molecule has 2 atom stereocenters. The molecule has 1 aliphatic carbocycles. The van der Waals surface area contributed by atoms with Crippen LogP contribution < -0.4 is 5.32 Å². The number of piperazine rings is 1. The van der Waals surface area contributed by atoms with Crippen molar-refractivity contribution in [2.24, 2.45) is 0 Å². The maximum absolute atomic E-state index is 3.59. The molecule has 1 N–H and O–H groups in total. The average molecular weight is 281 g/mol. The fraction of sp³-hybridized carbons (Fsp3) is 0.625. The molecule has 1 heterocycles. The second-order valence-corrected chi connectivity index (χ2v) is 6.18. The number of halogens is 1. The average Bonchev–Trinajstić information content (AvgIpc) is 3.11. The van der Waals surface area contributed by atoms with Crippen molar-refractivity contribution in [2.75, 3.05) is 13.1 Å². The maximum Gasteiger partial charge on any atom is 0.0235 e. The molecule has 19 heavy (non-hydrogen) atoms. The number of hydrogen-bond donors (Lipinski definition) is 1. The van der Waals surface area contributed by atoms with E-state index >= 15 is 0 Å². The van der Waals surface area contributed by atoms with Crippen LogP contribution in [0.2, 0.25) is 0 Å². The van der Waals surface area contributed by atoms with Crippen molar-refractivity contribution >= 4 is 12.4 Å². The summed E-state index contributed by atoms with van der Waals surface area (Å²) < 4.78 is 0. The predicted octanol–water partition coefficient (Wildman–Crippen LogP) is 3.17. The summed E-state index contributed by atoms with van der Waals surface area (Å²) in [6.45, 7) is 8.00. The summed E-state index contributed by atoms with van der Waals surface area (Å²) >= 11 is 0. The molecule has 1 saturated carbocycles. The third-order valence-corrected chi connectivity index (χ3v) is 4.04. The summed E-state index contributed by atoms with van der Waals surface area (Å²) in [5, 5.41) is 3.59. The lowest BCUT2D eigenvalue weighted by atomic mass is 10.1. The van der Waals surface area contributed by atoms with Crippen molar-refractivity contribution in [3.63, 3.8) is 0 Å². The lowest BCUT2D eigenvalue weighted by Gasteiger charge is -2.36. The van der Waals surface area contributed by atoms with E-state index in [1.165, 1.54) is 18.4 Å². The van der Waals surface area contributed by atoms with Gasteiger partial charge in [0.15, 0.2) is 0 Å². The van der Waals surface area contributed by atoms with E-state index in [4.69, 9.17) is 0 Å². The summed E-state index contributed by atoms with van der Waals surface area (Å²) in [5.74, 6) is 0.866. The quantitative estimate of drug-likeness (QED) is 0.915. The van der Waals surface area contributed by atoms with Gasteiger partial charge >= 0.3 is 0 Å². The van der Waals surface area contributed by atoms with Gasteiger partial charge in [0.05, 0.1) is 0 Å². The highest BCUT2D eigenvalue weighted by atomic mass is 35.5. The molecule has 106 valence electrons. The van der Waals surface area contributed by atoms with Gasteiger partial charge in [0.2, 0.25) is 0 Å². The minimum Gasteiger partial charge on any atom is -0.309 e. The molecule has 1 aromatic rings. The lowest BCUT2D eigenvalue weighted by molar-refractivity contribution is 0.166. The Labute approximate surface area is 123 Å². The highest BCUT2D eigenvalue weighted by Gasteiger charge is 2.24. The zero-order valence-electron chi connectivity index (χ0n) is 11.9. The third-order valence-electron chi connectivity index (χ3n) is 4.04. The van der Waals surface area contributed by atoms with Gasteiger partial charge in [0.1, 0.15) is 0 Å². The Bertz CT molecular complexity index is 407. The summed E-state index contributed by atoms with van der Waals surface area (Å²) in [7, 11) is 0. The molecule has 1 saturated heterocycles. The van der Waals surface area contributed by atoms with E-state index in [1.54, 1.807) is 5.56 Å². The topological polar surface area (TPSA) is 15.3 Å². The maximum atomic E-state index is 3.59. The molecular weight excluding hydrogens is 256 g/mol. The molecule has 1 aliphatic heterocycles. The fourth-order valence-corrected chi connectivity index (χ4v) is 3.19. The summed E-state index contributed by atoms with van der Waals surface area (Å²) in [6.07, 6.45) is 2.79. The molecule has 0 aromatic heterocycles. The molecule has 0 radical (unpaired) electrons. The van der Waals surface area contributed by atoms with Crippen LogP contribution in [0.4, 0.5) is 0 Å². The van der Waals surface area contributed by atoms with E-state index < -0.39 is 0 Å². The minimum atomic E-state index is 0. The second kappa shape index (κ2) is 6.25. The van der Waals surface area contributed by atoms with Crippen molar-refractivity contribution in [1.29, 1.82) is 0 Å². The van der Waals surface area contributed by atoms with Gasteiger partial charge < -0.3 is 5.32 Å². The number of benzene rings is 1. The van der Waals surface area contributed by atoms with Crippen LogP contribution in [0.15, 0.2) is 24.3 Å². The molecule has 3 rings (SSSR count). The van der Waals surface area contributed by atoms with E-state index in [9.17, 15) is 0 Å². The molecule has 0 amide bonds. The van der Waals surface area contributed by atoms with Crippen LogP contribution in [-0.4, -0.2) is 30.1 Å². The van der Waals surface area contributed by atoms with E-state index in [2.05, 4.69) is 48.3 Å². The Morgan fingerprint density at radius 1 is 1.16 bits per heavy atom. The van der Waals surface area contributed by atoms with E-state index in [0.717, 1.165) is 25.6 Å². The SMILES string of the molecule is CC1CN(Cc2cccc(C3CC3)c2)CC(C)N1.Cl. The molecule has 0 bridgehead atoms. The van der Waals surface area contributed by atoms with Crippen molar-refractivity contribution in [1.82, 2.24) is 10.2 Å². The molecule has 2 fully saturated rings. The van der Waals surface area contributed by atoms with Gasteiger partial charge in [-0.2, -0.15) is 0 Å². The van der Waals surface area contributed by atoms with Crippen LogP contribution in [0.25, 0.3) is 0 Å². The highest BCUT2D eigenvalue weighted by Crippen LogP contribution is 2.40. The normalized spacial score (nSPS) is 27.9. The zero-order chi connectivity index (χ0) is 12.5. The van der Waals surface area contributed by atoms with Crippen molar-refractivity contribution in [3.05, 3.63) is 35.4 Å². The van der Waals surface area contributed by atoms with E-state index in [1.807, 2.05) is 0 Å². The molecule has 2 aliphatic rings. The first-order valence-corrected chi connectivity index (χ1v) is 7.28. The van der Waals surface area contributed by atoms with Crippen molar-refractivity contribution in [3.8, 4) is 0 Å². The summed E-state index contributed by atoms with van der Waals surface area (Å²) in [5.41, 5.74) is 3.05. The second-order valence-electron chi connectivity index (χ2n) is 6.18. The molecule has 3 heteroatoms. The molecule has 1 aromatic carbocycles. The fourth-order valence-electron chi connectivity index (χ4n) is 3.19. The largest absolute Gasteiger partial charge is 0.309 e. The number of nitrogens with zero attached hydrogens (tertiary/aromatic N) is 1. The standard InChI is InChI=1S/C16H24N2.ClH/c1-12-9-18(10-13(2)17-12)11-14-4-3-5-16(8-14)15-6-7-15;/h3-5,8,12-13,15,17H,6-7,9-11H2,1-2H3;1H. The lowest BCUT2D eigenvalue weighted by Crippen LogP contribution is -2.53. The molecular formula is C16H25ClN2. The van der Waals surface area contributed by atoms with Crippen LogP contribution in [0.3, 0.4) is 0 Å². The Hall–Kier alpha value is -0.570. The molecule has 0 spiro atoms. The van der Waals surface area contributed by atoms with E-state index in [0.29, 0.717) is 12.1 Å². The van der Waals surface area contributed by atoms with Gasteiger partial charge in [-0.3, -0.25) is 4.90 Å². The van der Waals surface area contributed by atoms with Crippen LogP contribution >= 0.6 is 12.4 Å².